The maximum Gasteiger partial charge on any atom is 0.0544 e. The van der Waals surface area contributed by atoms with Crippen LogP contribution in [0.1, 0.15) is 46.0 Å². The van der Waals surface area contributed by atoms with Crippen LogP contribution in [0.15, 0.2) is 0 Å². The van der Waals surface area contributed by atoms with Gasteiger partial charge in [-0.15, -0.1) is 0 Å². The van der Waals surface area contributed by atoms with Gasteiger partial charge in [0.25, 0.3) is 0 Å². The Balaban J connectivity index is 2.90. The lowest BCUT2D eigenvalue weighted by molar-refractivity contribution is 0.0608. The van der Waals surface area contributed by atoms with E-state index < -0.39 is 0 Å². The van der Waals surface area contributed by atoms with Gasteiger partial charge in [-0.2, -0.15) is 12.6 Å². The average Bonchev–Trinajstić information content (AvgIpc) is 2.10. The van der Waals surface area contributed by atoms with Crippen molar-refractivity contribution in [3.05, 3.63) is 0 Å². The highest BCUT2D eigenvalue weighted by Gasteiger charge is 1.96. The van der Waals surface area contributed by atoms with E-state index in [-0.39, 0.29) is 0 Å². The van der Waals surface area contributed by atoms with Gasteiger partial charge in [0, 0.05) is 6.61 Å². The first-order valence-electron chi connectivity index (χ1n) is 5.03. The summed E-state index contributed by atoms with van der Waals surface area (Å²) >= 11 is 4.16. The van der Waals surface area contributed by atoms with Gasteiger partial charge in [0.05, 0.1) is 6.10 Å². The van der Waals surface area contributed by atoms with Gasteiger partial charge in [-0.3, -0.25) is 0 Å². The Kier molecular flexibility index (Phi) is 9.64. The summed E-state index contributed by atoms with van der Waals surface area (Å²) in [5, 5.41) is 0. The molecule has 0 aromatic rings. The van der Waals surface area contributed by atoms with Crippen LogP contribution < -0.4 is 0 Å². The van der Waals surface area contributed by atoms with E-state index in [1.807, 2.05) is 0 Å². The maximum absolute atomic E-state index is 5.55. The normalized spacial score (nSPS) is 13.2. The Morgan fingerprint density at radius 1 is 1.17 bits per heavy atom. The van der Waals surface area contributed by atoms with E-state index >= 15 is 0 Å². The van der Waals surface area contributed by atoms with Gasteiger partial charge >= 0.3 is 0 Å². The number of rotatable bonds is 8. The summed E-state index contributed by atoms with van der Waals surface area (Å²) in [6, 6.07) is 0. The number of unbranched alkanes of at least 4 members (excludes halogenated alkanes) is 3. The molecule has 0 saturated carbocycles. The van der Waals surface area contributed by atoms with Crippen LogP contribution in [0.25, 0.3) is 0 Å². The van der Waals surface area contributed by atoms with Crippen LogP contribution >= 0.6 is 12.6 Å². The van der Waals surface area contributed by atoms with Crippen molar-refractivity contribution in [1.82, 2.24) is 0 Å². The molecule has 0 amide bonds. The SMILES string of the molecule is CCC(C)OCCCCCCS. The van der Waals surface area contributed by atoms with Gasteiger partial charge in [0.1, 0.15) is 0 Å². The molecule has 0 rings (SSSR count). The van der Waals surface area contributed by atoms with E-state index in [1.54, 1.807) is 0 Å². The Bertz CT molecular complexity index is 85.9. The van der Waals surface area contributed by atoms with Crippen LogP contribution in [0.3, 0.4) is 0 Å². The van der Waals surface area contributed by atoms with Gasteiger partial charge in [-0.25, -0.2) is 0 Å². The molecule has 2 heteroatoms. The lowest BCUT2D eigenvalue weighted by Gasteiger charge is -2.09. The molecule has 0 radical (unpaired) electrons. The zero-order valence-electron chi connectivity index (χ0n) is 8.38. The molecule has 1 atom stereocenters. The molecule has 1 nitrogen and oxygen atoms in total. The molecule has 12 heavy (non-hydrogen) atoms. The molecule has 0 bridgehead atoms. The number of hydrogen-bond acceptors (Lipinski definition) is 2. The Morgan fingerprint density at radius 3 is 2.42 bits per heavy atom. The first-order valence-corrected chi connectivity index (χ1v) is 5.67. The molecular formula is C10H22OS. The Morgan fingerprint density at radius 2 is 1.83 bits per heavy atom. The van der Waals surface area contributed by atoms with E-state index in [9.17, 15) is 0 Å². The van der Waals surface area contributed by atoms with Gasteiger partial charge in [0.2, 0.25) is 0 Å². The minimum absolute atomic E-state index is 0.440. The second-order valence-electron chi connectivity index (χ2n) is 3.23. The first-order chi connectivity index (χ1) is 5.81. The lowest BCUT2D eigenvalue weighted by atomic mass is 10.2. The summed E-state index contributed by atoms with van der Waals surface area (Å²) in [7, 11) is 0. The van der Waals surface area contributed by atoms with Gasteiger partial charge in [-0.05, 0) is 31.9 Å². The average molecular weight is 190 g/mol. The van der Waals surface area contributed by atoms with Crippen molar-refractivity contribution < 1.29 is 4.74 Å². The third-order valence-electron chi connectivity index (χ3n) is 2.03. The van der Waals surface area contributed by atoms with E-state index in [4.69, 9.17) is 4.74 Å². The molecule has 0 aliphatic rings. The molecule has 0 heterocycles. The highest BCUT2D eigenvalue weighted by atomic mass is 32.1. The van der Waals surface area contributed by atoms with Crippen molar-refractivity contribution >= 4 is 12.6 Å². The van der Waals surface area contributed by atoms with Crippen molar-refractivity contribution in [1.29, 1.82) is 0 Å². The molecule has 0 saturated heterocycles. The summed E-state index contributed by atoms with van der Waals surface area (Å²) in [5.74, 6) is 1.02. The molecule has 0 aromatic carbocycles. The van der Waals surface area contributed by atoms with Gasteiger partial charge in [0.15, 0.2) is 0 Å². The molecule has 0 N–H and O–H groups in total. The fourth-order valence-electron chi connectivity index (χ4n) is 0.970. The molecule has 0 aliphatic heterocycles. The summed E-state index contributed by atoms with van der Waals surface area (Å²) in [6.45, 7) is 5.22. The molecule has 74 valence electrons. The van der Waals surface area contributed by atoms with Crippen molar-refractivity contribution in [2.75, 3.05) is 12.4 Å². The fraction of sp³-hybridized carbons (Fsp3) is 1.00. The van der Waals surface area contributed by atoms with E-state index in [0.717, 1.165) is 18.8 Å². The molecule has 0 spiro atoms. The highest BCUT2D eigenvalue weighted by Crippen LogP contribution is 2.03. The smallest absolute Gasteiger partial charge is 0.0544 e. The third kappa shape index (κ3) is 8.41. The van der Waals surface area contributed by atoms with E-state index in [2.05, 4.69) is 26.5 Å². The van der Waals surface area contributed by atoms with Crippen molar-refractivity contribution in [3.8, 4) is 0 Å². The number of thiol groups is 1. The minimum atomic E-state index is 0.440. The predicted octanol–water partition coefficient (Wildman–Crippen LogP) is 3.29. The topological polar surface area (TPSA) is 9.23 Å². The predicted molar refractivity (Wildman–Crippen MR) is 58.0 cm³/mol. The van der Waals surface area contributed by atoms with Crippen LogP contribution in [0, 0.1) is 0 Å². The summed E-state index contributed by atoms with van der Waals surface area (Å²) in [5.41, 5.74) is 0. The monoisotopic (exact) mass is 190 g/mol. The third-order valence-corrected chi connectivity index (χ3v) is 2.35. The largest absolute Gasteiger partial charge is 0.379 e. The molecular weight excluding hydrogens is 168 g/mol. The second-order valence-corrected chi connectivity index (χ2v) is 3.67. The van der Waals surface area contributed by atoms with Crippen molar-refractivity contribution in [2.45, 2.75) is 52.1 Å². The zero-order chi connectivity index (χ0) is 9.23. The summed E-state index contributed by atoms with van der Waals surface area (Å²) in [6.07, 6.45) is 6.60. The van der Waals surface area contributed by atoms with Crippen molar-refractivity contribution in [2.24, 2.45) is 0 Å². The quantitative estimate of drug-likeness (QED) is 0.456. The van der Waals surface area contributed by atoms with Crippen molar-refractivity contribution in [3.63, 3.8) is 0 Å². The fourth-order valence-corrected chi connectivity index (χ4v) is 1.19. The van der Waals surface area contributed by atoms with Crippen LogP contribution in [-0.4, -0.2) is 18.5 Å². The van der Waals surface area contributed by atoms with E-state index in [1.165, 1.54) is 25.7 Å². The van der Waals surface area contributed by atoms with Gasteiger partial charge in [-0.1, -0.05) is 19.8 Å². The second kappa shape index (κ2) is 9.40. The Labute approximate surface area is 82.3 Å². The van der Waals surface area contributed by atoms with Gasteiger partial charge < -0.3 is 4.74 Å². The molecule has 0 aliphatic carbocycles. The summed E-state index contributed by atoms with van der Waals surface area (Å²) < 4.78 is 5.55. The molecule has 0 fully saturated rings. The van der Waals surface area contributed by atoms with E-state index in [0.29, 0.717) is 6.10 Å². The number of hydrogen-bond donors (Lipinski definition) is 1. The van der Waals surface area contributed by atoms with Crippen LogP contribution in [-0.2, 0) is 4.74 Å². The maximum atomic E-state index is 5.55. The highest BCUT2D eigenvalue weighted by molar-refractivity contribution is 7.80. The van der Waals surface area contributed by atoms with Crippen LogP contribution in [0.5, 0.6) is 0 Å². The lowest BCUT2D eigenvalue weighted by Crippen LogP contribution is -2.07. The first kappa shape index (κ1) is 12.3. The summed E-state index contributed by atoms with van der Waals surface area (Å²) in [4.78, 5) is 0. The molecule has 1 unspecified atom stereocenters. The standard InChI is InChI=1S/C10H22OS/c1-3-10(2)11-8-6-4-5-7-9-12/h10,12H,3-9H2,1-2H3. The van der Waals surface area contributed by atoms with Crippen LogP contribution in [0.2, 0.25) is 0 Å². The van der Waals surface area contributed by atoms with Crippen LogP contribution in [0.4, 0.5) is 0 Å². The minimum Gasteiger partial charge on any atom is -0.379 e. The number of ether oxygens (including phenoxy) is 1. The zero-order valence-corrected chi connectivity index (χ0v) is 9.28. The Hall–Kier alpha value is 0.310. The molecule has 0 aromatic heterocycles.